The molecule has 5 nitrogen and oxygen atoms in total. The SMILES string of the molecule is COc1ccccc1C1=C(N2CC(C)CC(C)C2)C(=O)N(c2ccc(C)c(Cl)c2)C1=O. The molecule has 162 valence electrons. The second-order valence-electron chi connectivity index (χ2n) is 8.65. The minimum Gasteiger partial charge on any atom is -0.496 e. The lowest BCUT2D eigenvalue weighted by molar-refractivity contribution is -0.120. The number of halogens is 1. The molecule has 2 aromatic carbocycles. The van der Waals surface area contributed by atoms with Gasteiger partial charge in [0, 0.05) is 23.7 Å². The molecule has 1 fully saturated rings. The van der Waals surface area contributed by atoms with E-state index >= 15 is 0 Å². The number of nitrogens with zero attached hydrogens (tertiary/aromatic N) is 2. The van der Waals surface area contributed by atoms with Crippen LogP contribution in [0.4, 0.5) is 5.69 Å². The smallest absolute Gasteiger partial charge is 0.282 e. The minimum absolute atomic E-state index is 0.313. The summed E-state index contributed by atoms with van der Waals surface area (Å²) in [5.74, 6) is 0.766. The van der Waals surface area contributed by atoms with Crippen LogP contribution in [0.1, 0.15) is 31.4 Å². The molecule has 0 saturated carbocycles. The van der Waals surface area contributed by atoms with Gasteiger partial charge in [-0.25, -0.2) is 4.90 Å². The molecule has 0 aromatic heterocycles. The summed E-state index contributed by atoms with van der Waals surface area (Å²) in [6.45, 7) is 7.73. The van der Waals surface area contributed by atoms with Crippen molar-refractivity contribution in [3.05, 3.63) is 64.3 Å². The summed E-state index contributed by atoms with van der Waals surface area (Å²) in [6, 6.07) is 12.6. The van der Waals surface area contributed by atoms with Crippen LogP contribution in [0.5, 0.6) is 5.75 Å². The molecule has 31 heavy (non-hydrogen) atoms. The van der Waals surface area contributed by atoms with E-state index < -0.39 is 0 Å². The third-order valence-electron chi connectivity index (χ3n) is 6.03. The maximum atomic E-state index is 13.7. The van der Waals surface area contributed by atoms with E-state index in [0.717, 1.165) is 25.1 Å². The quantitative estimate of drug-likeness (QED) is 0.636. The van der Waals surface area contributed by atoms with Crippen LogP contribution >= 0.6 is 11.6 Å². The second kappa shape index (κ2) is 8.39. The van der Waals surface area contributed by atoms with Crippen molar-refractivity contribution in [2.24, 2.45) is 11.8 Å². The van der Waals surface area contributed by atoms with Crippen molar-refractivity contribution in [1.82, 2.24) is 4.90 Å². The summed E-state index contributed by atoms with van der Waals surface area (Å²) >= 11 is 6.32. The number of hydrogen-bond acceptors (Lipinski definition) is 4. The molecule has 0 spiro atoms. The van der Waals surface area contributed by atoms with Crippen LogP contribution in [0, 0.1) is 18.8 Å². The zero-order valence-corrected chi connectivity index (χ0v) is 19.1. The number of piperidine rings is 1. The van der Waals surface area contributed by atoms with Crippen molar-refractivity contribution >= 4 is 34.7 Å². The number of amides is 2. The average Bonchev–Trinajstić information content (AvgIpc) is 2.99. The predicted molar refractivity (Wildman–Crippen MR) is 123 cm³/mol. The summed E-state index contributed by atoms with van der Waals surface area (Å²) in [6.07, 6.45) is 1.10. The molecule has 2 unspecified atom stereocenters. The van der Waals surface area contributed by atoms with Gasteiger partial charge in [0.1, 0.15) is 11.4 Å². The molecule has 1 saturated heterocycles. The highest BCUT2D eigenvalue weighted by Crippen LogP contribution is 2.40. The number of benzene rings is 2. The monoisotopic (exact) mass is 438 g/mol. The molecule has 2 aliphatic rings. The Balaban J connectivity index is 1.88. The number of imide groups is 1. The van der Waals surface area contributed by atoms with Gasteiger partial charge in [0.15, 0.2) is 0 Å². The fourth-order valence-corrected chi connectivity index (χ4v) is 4.88. The Bertz CT molecular complexity index is 1070. The fraction of sp³-hybridized carbons (Fsp3) is 0.360. The first-order valence-electron chi connectivity index (χ1n) is 10.6. The molecule has 0 radical (unpaired) electrons. The lowest BCUT2D eigenvalue weighted by Crippen LogP contribution is -2.42. The molecule has 2 atom stereocenters. The zero-order chi connectivity index (χ0) is 22.3. The Labute approximate surface area is 188 Å². The highest BCUT2D eigenvalue weighted by atomic mass is 35.5. The van der Waals surface area contributed by atoms with Crippen molar-refractivity contribution in [3.8, 4) is 5.75 Å². The summed E-state index contributed by atoms with van der Waals surface area (Å²) in [5.41, 5.74) is 2.84. The van der Waals surface area contributed by atoms with E-state index in [1.807, 2.05) is 37.3 Å². The van der Waals surface area contributed by atoms with E-state index in [9.17, 15) is 9.59 Å². The van der Waals surface area contributed by atoms with Crippen LogP contribution in [0.3, 0.4) is 0 Å². The number of ether oxygens (including phenoxy) is 1. The lowest BCUT2D eigenvalue weighted by Gasteiger charge is -2.37. The van der Waals surface area contributed by atoms with Gasteiger partial charge in [-0.15, -0.1) is 0 Å². The van der Waals surface area contributed by atoms with E-state index in [0.29, 0.717) is 45.1 Å². The van der Waals surface area contributed by atoms with Crippen LogP contribution in [0.25, 0.3) is 5.57 Å². The van der Waals surface area contributed by atoms with E-state index in [4.69, 9.17) is 16.3 Å². The number of carbonyl (C=O) groups is 2. The van der Waals surface area contributed by atoms with Crippen LogP contribution < -0.4 is 9.64 Å². The number of methoxy groups -OCH3 is 1. The highest BCUT2D eigenvalue weighted by Gasteiger charge is 2.44. The number of para-hydroxylation sites is 1. The Kier molecular flexibility index (Phi) is 5.80. The largest absolute Gasteiger partial charge is 0.496 e. The lowest BCUT2D eigenvalue weighted by atomic mass is 9.91. The van der Waals surface area contributed by atoms with Crippen molar-refractivity contribution in [3.63, 3.8) is 0 Å². The molecule has 2 amide bonds. The van der Waals surface area contributed by atoms with Crippen molar-refractivity contribution in [2.75, 3.05) is 25.1 Å². The number of likely N-dealkylation sites (tertiary alicyclic amines) is 1. The van der Waals surface area contributed by atoms with Crippen molar-refractivity contribution in [1.29, 1.82) is 0 Å². The Hall–Kier alpha value is -2.79. The number of rotatable bonds is 4. The Morgan fingerprint density at radius 3 is 2.32 bits per heavy atom. The van der Waals surface area contributed by atoms with Gasteiger partial charge in [0.25, 0.3) is 11.8 Å². The maximum absolute atomic E-state index is 13.7. The summed E-state index contributed by atoms with van der Waals surface area (Å²) in [7, 11) is 1.57. The summed E-state index contributed by atoms with van der Waals surface area (Å²) in [4.78, 5) is 30.8. The average molecular weight is 439 g/mol. The first-order chi connectivity index (χ1) is 14.8. The summed E-state index contributed by atoms with van der Waals surface area (Å²) in [5, 5.41) is 0.519. The molecule has 0 bridgehead atoms. The number of aryl methyl sites for hydroxylation is 1. The summed E-state index contributed by atoms with van der Waals surface area (Å²) < 4.78 is 5.54. The minimum atomic E-state index is -0.352. The van der Waals surface area contributed by atoms with Gasteiger partial charge in [0.05, 0.1) is 18.4 Å². The number of anilines is 1. The van der Waals surface area contributed by atoms with Crippen molar-refractivity contribution in [2.45, 2.75) is 27.2 Å². The number of carbonyl (C=O) groups excluding carboxylic acids is 2. The molecule has 2 heterocycles. The van der Waals surface area contributed by atoms with Crippen molar-refractivity contribution < 1.29 is 14.3 Å². The molecular formula is C25H27ClN2O3. The van der Waals surface area contributed by atoms with E-state index in [1.54, 1.807) is 19.2 Å². The Morgan fingerprint density at radius 2 is 1.68 bits per heavy atom. The van der Waals surface area contributed by atoms with Gasteiger partial charge in [-0.3, -0.25) is 9.59 Å². The normalized spacial score (nSPS) is 21.8. The van der Waals surface area contributed by atoms with E-state index in [2.05, 4.69) is 18.7 Å². The maximum Gasteiger partial charge on any atom is 0.282 e. The molecule has 0 aliphatic carbocycles. The first kappa shape index (κ1) is 21.4. The van der Waals surface area contributed by atoms with Crippen LogP contribution in [0.15, 0.2) is 48.2 Å². The van der Waals surface area contributed by atoms with Gasteiger partial charge in [-0.1, -0.05) is 49.7 Å². The van der Waals surface area contributed by atoms with E-state index in [-0.39, 0.29) is 11.8 Å². The molecule has 0 N–H and O–H groups in total. The third kappa shape index (κ3) is 3.83. The molecule has 6 heteroatoms. The van der Waals surface area contributed by atoms with Gasteiger partial charge in [-0.05, 0) is 48.9 Å². The van der Waals surface area contributed by atoms with Gasteiger partial charge in [0.2, 0.25) is 0 Å². The van der Waals surface area contributed by atoms with Crippen LogP contribution in [-0.2, 0) is 9.59 Å². The zero-order valence-electron chi connectivity index (χ0n) is 18.3. The fourth-order valence-electron chi connectivity index (χ4n) is 4.71. The van der Waals surface area contributed by atoms with Gasteiger partial charge in [-0.2, -0.15) is 0 Å². The molecule has 2 aliphatic heterocycles. The third-order valence-corrected chi connectivity index (χ3v) is 6.44. The van der Waals surface area contributed by atoms with E-state index in [1.165, 1.54) is 4.90 Å². The molecule has 2 aromatic rings. The topological polar surface area (TPSA) is 49.9 Å². The van der Waals surface area contributed by atoms with Crippen LogP contribution in [-0.4, -0.2) is 36.9 Å². The molecular weight excluding hydrogens is 412 g/mol. The number of hydrogen-bond donors (Lipinski definition) is 0. The first-order valence-corrected chi connectivity index (χ1v) is 11.0. The standard InChI is InChI=1S/C25H27ClN2O3/c1-15-11-16(2)14-27(13-15)23-22(19-7-5-6-8-21(19)31-4)24(29)28(25(23)30)18-10-9-17(3)20(26)12-18/h5-10,12,15-16H,11,13-14H2,1-4H3. The second-order valence-corrected chi connectivity index (χ2v) is 9.06. The molecule has 4 rings (SSSR count). The van der Waals surface area contributed by atoms with Gasteiger partial charge >= 0.3 is 0 Å². The Morgan fingerprint density at radius 1 is 1.00 bits per heavy atom. The highest BCUT2D eigenvalue weighted by molar-refractivity contribution is 6.46. The van der Waals surface area contributed by atoms with Gasteiger partial charge < -0.3 is 9.64 Å². The predicted octanol–water partition coefficient (Wildman–Crippen LogP) is 4.92. The van der Waals surface area contributed by atoms with Crippen LogP contribution in [0.2, 0.25) is 5.02 Å².